The Balaban J connectivity index is 4.58. The molecule has 0 rings (SSSR count). The lowest BCUT2D eigenvalue weighted by Gasteiger charge is -2.23. The van der Waals surface area contributed by atoms with Gasteiger partial charge in [-0.15, -0.1) is 0 Å². The van der Waals surface area contributed by atoms with Crippen LogP contribution in [0.4, 0.5) is 0 Å². The minimum atomic E-state index is -1.30. The summed E-state index contributed by atoms with van der Waals surface area (Å²) in [5.74, 6) is -1.49. The van der Waals surface area contributed by atoms with Crippen molar-refractivity contribution in [2.75, 3.05) is 0 Å². The molecule has 0 saturated heterocycles. The molecule has 0 fully saturated rings. The monoisotopic (exact) mass is 187 g/mol. The van der Waals surface area contributed by atoms with Gasteiger partial charge in [-0.25, -0.2) is 0 Å². The normalized spacial score (nSPS) is 15.2. The third-order valence-electron chi connectivity index (χ3n) is 2.10. The quantitative estimate of drug-likeness (QED) is 0.645. The molecule has 0 aromatic carbocycles. The van der Waals surface area contributed by atoms with Crippen LogP contribution in [0.3, 0.4) is 0 Å². The molecule has 0 bridgehead atoms. The van der Waals surface area contributed by atoms with Crippen molar-refractivity contribution in [3.8, 4) is 0 Å². The molecule has 0 aromatic heterocycles. The third-order valence-corrected chi connectivity index (χ3v) is 2.10. The number of carbonyl (C=O) groups is 2. The van der Waals surface area contributed by atoms with E-state index in [2.05, 4.69) is 5.32 Å². The highest BCUT2D eigenvalue weighted by molar-refractivity contribution is 6.01. The number of aliphatic carboxylic acids is 1. The van der Waals surface area contributed by atoms with Gasteiger partial charge in [0.15, 0.2) is 0 Å². The van der Waals surface area contributed by atoms with Crippen LogP contribution in [-0.4, -0.2) is 23.0 Å². The molecule has 4 heteroatoms. The summed E-state index contributed by atoms with van der Waals surface area (Å²) >= 11 is 0. The van der Waals surface area contributed by atoms with Crippen LogP contribution in [0, 0.1) is 5.41 Å². The number of carboxylic acid groups (broad SMARTS) is 1. The van der Waals surface area contributed by atoms with Crippen LogP contribution in [0.15, 0.2) is 0 Å². The maximum absolute atomic E-state index is 11.5. The Morgan fingerprint density at radius 1 is 1.46 bits per heavy atom. The van der Waals surface area contributed by atoms with Crippen molar-refractivity contribution in [3.63, 3.8) is 0 Å². The number of carboxylic acids is 1. The van der Waals surface area contributed by atoms with Gasteiger partial charge in [-0.1, -0.05) is 6.92 Å². The fourth-order valence-corrected chi connectivity index (χ4v) is 0.830. The maximum atomic E-state index is 11.5. The predicted octanol–water partition coefficient (Wildman–Crippen LogP) is 1.01. The summed E-state index contributed by atoms with van der Waals surface area (Å²) in [6.07, 6.45) is 0.293. The fourth-order valence-electron chi connectivity index (χ4n) is 0.830. The highest BCUT2D eigenvalue weighted by Crippen LogP contribution is 2.21. The minimum Gasteiger partial charge on any atom is -0.480 e. The predicted molar refractivity (Wildman–Crippen MR) is 49.3 cm³/mol. The average Bonchev–Trinajstić information content (AvgIpc) is 2.01. The summed E-state index contributed by atoms with van der Waals surface area (Å²) in [7, 11) is 0. The van der Waals surface area contributed by atoms with Crippen molar-refractivity contribution < 1.29 is 14.7 Å². The average molecular weight is 187 g/mol. The standard InChI is InChI=1S/C9H17NO3/c1-5-9(4,8(12)13)7(11)10-6(2)3/h6H,5H2,1-4H3,(H,10,11)(H,12,13). The number of carbonyl (C=O) groups excluding carboxylic acids is 1. The molecule has 0 aliphatic heterocycles. The molecule has 1 unspecified atom stereocenters. The summed E-state index contributed by atoms with van der Waals surface area (Å²) in [5.41, 5.74) is -1.30. The maximum Gasteiger partial charge on any atom is 0.318 e. The Kier molecular flexibility index (Phi) is 3.91. The summed E-state index contributed by atoms with van der Waals surface area (Å²) in [6, 6.07) is -0.0299. The number of hydrogen-bond donors (Lipinski definition) is 2. The van der Waals surface area contributed by atoms with E-state index in [1.54, 1.807) is 20.8 Å². The molecule has 4 nitrogen and oxygen atoms in total. The zero-order chi connectivity index (χ0) is 10.6. The van der Waals surface area contributed by atoms with Gasteiger partial charge >= 0.3 is 5.97 Å². The van der Waals surface area contributed by atoms with Gasteiger partial charge in [0.1, 0.15) is 5.41 Å². The number of nitrogens with one attached hydrogen (secondary N) is 1. The van der Waals surface area contributed by atoms with Crippen LogP contribution < -0.4 is 5.32 Å². The molecule has 1 atom stereocenters. The van der Waals surface area contributed by atoms with E-state index in [1.165, 1.54) is 6.92 Å². The van der Waals surface area contributed by atoms with Gasteiger partial charge in [-0.05, 0) is 27.2 Å². The molecular formula is C9H17NO3. The molecule has 1 amide bonds. The number of rotatable bonds is 4. The first kappa shape index (κ1) is 11.9. The highest BCUT2D eigenvalue weighted by atomic mass is 16.4. The van der Waals surface area contributed by atoms with E-state index in [4.69, 9.17) is 5.11 Å². The first-order valence-corrected chi connectivity index (χ1v) is 4.39. The molecule has 76 valence electrons. The first-order valence-electron chi connectivity index (χ1n) is 4.39. The second-order valence-corrected chi connectivity index (χ2v) is 3.62. The van der Waals surface area contributed by atoms with E-state index in [0.717, 1.165) is 0 Å². The van der Waals surface area contributed by atoms with E-state index in [-0.39, 0.29) is 6.04 Å². The molecule has 0 saturated carbocycles. The zero-order valence-electron chi connectivity index (χ0n) is 8.55. The first-order chi connectivity index (χ1) is 5.84. The zero-order valence-corrected chi connectivity index (χ0v) is 8.55. The highest BCUT2D eigenvalue weighted by Gasteiger charge is 2.39. The third kappa shape index (κ3) is 2.72. The molecular weight excluding hydrogens is 170 g/mol. The SMILES string of the molecule is CCC(C)(C(=O)O)C(=O)NC(C)C. The molecule has 13 heavy (non-hydrogen) atoms. The Labute approximate surface area is 78.3 Å². The van der Waals surface area contributed by atoms with Crippen molar-refractivity contribution >= 4 is 11.9 Å². The summed E-state index contributed by atoms with van der Waals surface area (Å²) in [5, 5.41) is 11.5. The molecule has 0 heterocycles. The van der Waals surface area contributed by atoms with Crippen molar-refractivity contribution in [2.45, 2.75) is 40.2 Å². The van der Waals surface area contributed by atoms with E-state index < -0.39 is 17.3 Å². The topological polar surface area (TPSA) is 66.4 Å². The second kappa shape index (κ2) is 4.25. The van der Waals surface area contributed by atoms with Gasteiger partial charge in [-0.3, -0.25) is 9.59 Å². The van der Waals surface area contributed by atoms with E-state index in [1.807, 2.05) is 0 Å². The van der Waals surface area contributed by atoms with Gasteiger partial charge < -0.3 is 10.4 Å². The van der Waals surface area contributed by atoms with Gasteiger partial charge in [0.2, 0.25) is 5.91 Å². The Morgan fingerprint density at radius 3 is 2.15 bits per heavy atom. The van der Waals surface area contributed by atoms with Crippen molar-refractivity contribution in [1.82, 2.24) is 5.32 Å². The largest absolute Gasteiger partial charge is 0.480 e. The van der Waals surface area contributed by atoms with Crippen LogP contribution in [0.2, 0.25) is 0 Å². The van der Waals surface area contributed by atoms with Crippen LogP contribution in [0.5, 0.6) is 0 Å². The lowest BCUT2D eigenvalue weighted by molar-refractivity contribution is -0.155. The molecule has 0 spiro atoms. The smallest absolute Gasteiger partial charge is 0.318 e. The fraction of sp³-hybridized carbons (Fsp3) is 0.778. The molecule has 2 N–H and O–H groups in total. The minimum absolute atomic E-state index is 0.0299. The summed E-state index contributed by atoms with van der Waals surface area (Å²) < 4.78 is 0. The van der Waals surface area contributed by atoms with Gasteiger partial charge in [0, 0.05) is 6.04 Å². The molecule has 0 aliphatic rings. The molecule has 0 aromatic rings. The molecule has 0 aliphatic carbocycles. The van der Waals surface area contributed by atoms with Crippen LogP contribution in [0.25, 0.3) is 0 Å². The van der Waals surface area contributed by atoms with Crippen LogP contribution >= 0.6 is 0 Å². The van der Waals surface area contributed by atoms with Gasteiger partial charge in [-0.2, -0.15) is 0 Å². The Bertz CT molecular complexity index is 213. The van der Waals surface area contributed by atoms with Crippen LogP contribution in [0.1, 0.15) is 34.1 Å². The van der Waals surface area contributed by atoms with E-state index >= 15 is 0 Å². The Hall–Kier alpha value is -1.06. The lowest BCUT2D eigenvalue weighted by Crippen LogP contribution is -2.46. The molecule has 0 radical (unpaired) electrons. The lowest BCUT2D eigenvalue weighted by atomic mass is 9.86. The van der Waals surface area contributed by atoms with Crippen molar-refractivity contribution in [3.05, 3.63) is 0 Å². The second-order valence-electron chi connectivity index (χ2n) is 3.62. The van der Waals surface area contributed by atoms with E-state index in [9.17, 15) is 9.59 Å². The van der Waals surface area contributed by atoms with Crippen molar-refractivity contribution in [1.29, 1.82) is 0 Å². The van der Waals surface area contributed by atoms with E-state index in [0.29, 0.717) is 6.42 Å². The van der Waals surface area contributed by atoms with Gasteiger partial charge in [0.25, 0.3) is 0 Å². The summed E-state index contributed by atoms with van der Waals surface area (Å²) in [6.45, 7) is 6.73. The van der Waals surface area contributed by atoms with Gasteiger partial charge in [0.05, 0.1) is 0 Å². The Morgan fingerprint density at radius 2 is 1.92 bits per heavy atom. The summed E-state index contributed by atoms with van der Waals surface area (Å²) in [4.78, 5) is 22.3. The number of amides is 1. The van der Waals surface area contributed by atoms with Crippen LogP contribution in [-0.2, 0) is 9.59 Å². The van der Waals surface area contributed by atoms with Crippen molar-refractivity contribution in [2.24, 2.45) is 5.41 Å². The number of hydrogen-bond acceptors (Lipinski definition) is 2.